The summed E-state index contributed by atoms with van der Waals surface area (Å²) >= 11 is 11.6. The second kappa shape index (κ2) is 7.72. The lowest BCUT2D eigenvalue weighted by Gasteiger charge is -2.10. The van der Waals surface area contributed by atoms with Crippen molar-refractivity contribution < 1.29 is 26.9 Å². The van der Waals surface area contributed by atoms with Crippen LogP contribution >= 0.6 is 23.2 Å². The van der Waals surface area contributed by atoms with Gasteiger partial charge >= 0.3 is 16.2 Å². The van der Waals surface area contributed by atoms with Crippen LogP contribution < -0.4 is 18.4 Å². The minimum absolute atomic E-state index is 0.00413. The Balaban J connectivity index is 2.24. The number of rotatable bonds is 6. The Hall–Kier alpha value is -2.30. The summed E-state index contributed by atoms with van der Waals surface area (Å²) in [6.07, 6.45) is 0. The minimum atomic E-state index is -4.60. The number of aromatic nitrogens is 2. The molecule has 1 amide bonds. The Morgan fingerprint density at radius 1 is 1.08 bits per heavy atom. The number of nitrogens with one attached hydrogen (secondary N) is 1. The van der Waals surface area contributed by atoms with Gasteiger partial charge in [-0.15, -0.1) is 0 Å². The van der Waals surface area contributed by atoms with E-state index in [9.17, 15) is 13.2 Å². The molecular weight excluding hydrogens is 397 g/mol. The van der Waals surface area contributed by atoms with Crippen LogP contribution in [0.5, 0.6) is 17.5 Å². The average Bonchev–Trinajstić information content (AvgIpc) is 2.57. The molecule has 0 aliphatic heterocycles. The molecule has 0 saturated carbocycles. The van der Waals surface area contributed by atoms with E-state index in [1.54, 1.807) is 4.72 Å². The molecule has 25 heavy (non-hydrogen) atoms. The summed E-state index contributed by atoms with van der Waals surface area (Å²) in [6, 6.07) is 5.55. The molecule has 0 aliphatic carbocycles. The van der Waals surface area contributed by atoms with Crippen molar-refractivity contribution in [1.29, 1.82) is 0 Å². The maximum atomic E-state index is 12.1. The zero-order valence-corrected chi connectivity index (χ0v) is 15.1. The quantitative estimate of drug-likeness (QED) is 0.770. The highest BCUT2D eigenvalue weighted by atomic mass is 35.5. The number of ether oxygens (including phenoxy) is 2. The number of para-hydroxylation sites is 1. The van der Waals surface area contributed by atoms with Gasteiger partial charge in [0.2, 0.25) is 17.6 Å². The molecule has 2 rings (SSSR count). The van der Waals surface area contributed by atoms with E-state index in [-0.39, 0.29) is 27.6 Å². The van der Waals surface area contributed by atoms with Gasteiger partial charge in [0, 0.05) is 0 Å². The molecule has 12 heteroatoms. The van der Waals surface area contributed by atoms with Gasteiger partial charge in [0.05, 0.1) is 30.3 Å². The van der Waals surface area contributed by atoms with Crippen molar-refractivity contribution in [3.8, 4) is 17.5 Å². The number of methoxy groups -OCH3 is 2. The topological polar surface area (TPSA) is 117 Å². The lowest BCUT2D eigenvalue weighted by atomic mass is 10.3. The highest BCUT2D eigenvalue weighted by Crippen LogP contribution is 2.33. The van der Waals surface area contributed by atoms with Gasteiger partial charge in [0.15, 0.2) is 5.75 Å². The lowest BCUT2D eigenvalue weighted by molar-refractivity contribution is 0.0966. The van der Waals surface area contributed by atoms with Gasteiger partial charge in [0.1, 0.15) is 0 Å². The standard InChI is InChI=1S/C13H11Cl2N3O6S/c1-22-9-6-10(23-2)17-12(16-9)13(19)18-25(20,21)24-11-7(14)4-3-5-8(11)15/h3-6H,1-2H3,(H,18,19). The van der Waals surface area contributed by atoms with E-state index >= 15 is 0 Å². The molecule has 1 N–H and O–H groups in total. The fourth-order valence-corrected chi connectivity index (χ4v) is 2.89. The van der Waals surface area contributed by atoms with Crippen molar-refractivity contribution in [2.24, 2.45) is 0 Å². The number of halogens is 2. The van der Waals surface area contributed by atoms with Crippen molar-refractivity contribution in [1.82, 2.24) is 14.7 Å². The molecule has 1 aromatic carbocycles. The number of hydrogen-bond acceptors (Lipinski definition) is 8. The zero-order chi connectivity index (χ0) is 18.6. The fourth-order valence-electron chi connectivity index (χ4n) is 1.57. The Labute approximate surface area is 153 Å². The van der Waals surface area contributed by atoms with Crippen LogP contribution in [0.3, 0.4) is 0 Å². The summed E-state index contributed by atoms with van der Waals surface area (Å²) in [5.41, 5.74) is 0. The third-order valence-corrected chi connectivity index (χ3v) is 4.05. The summed E-state index contributed by atoms with van der Waals surface area (Å²) in [5.74, 6) is -1.99. The molecule has 134 valence electrons. The molecule has 2 aromatic rings. The molecule has 0 atom stereocenters. The second-order valence-electron chi connectivity index (χ2n) is 4.30. The smallest absolute Gasteiger partial charge is 0.410 e. The third kappa shape index (κ3) is 4.84. The Morgan fingerprint density at radius 2 is 1.60 bits per heavy atom. The number of benzene rings is 1. The Kier molecular flexibility index (Phi) is 5.88. The number of carbonyl (C=O) groups is 1. The zero-order valence-electron chi connectivity index (χ0n) is 12.8. The molecular formula is C13H11Cl2N3O6S. The Bertz CT molecular complexity index is 864. The van der Waals surface area contributed by atoms with E-state index in [0.29, 0.717) is 0 Å². The first-order valence-electron chi connectivity index (χ1n) is 6.43. The largest absolute Gasteiger partial charge is 0.481 e. The van der Waals surface area contributed by atoms with Crippen molar-refractivity contribution in [3.05, 3.63) is 40.1 Å². The molecule has 0 bridgehead atoms. The van der Waals surface area contributed by atoms with Crippen LogP contribution in [0.1, 0.15) is 10.6 Å². The monoisotopic (exact) mass is 407 g/mol. The van der Waals surface area contributed by atoms with Gasteiger partial charge < -0.3 is 13.7 Å². The van der Waals surface area contributed by atoms with Crippen LogP contribution in [0.15, 0.2) is 24.3 Å². The molecule has 0 aliphatic rings. The summed E-state index contributed by atoms with van der Waals surface area (Å²) in [6.45, 7) is 0. The molecule has 0 saturated heterocycles. The van der Waals surface area contributed by atoms with E-state index in [4.69, 9.17) is 36.9 Å². The van der Waals surface area contributed by atoms with Gasteiger partial charge in [-0.05, 0) is 12.1 Å². The van der Waals surface area contributed by atoms with Crippen LogP contribution in [0.4, 0.5) is 0 Å². The van der Waals surface area contributed by atoms with Gasteiger partial charge in [-0.25, -0.2) is 4.72 Å². The van der Waals surface area contributed by atoms with Crippen LogP contribution in [-0.4, -0.2) is 38.5 Å². The van der Waals surface area contributed by atoms with Crippen molar-refractivity contribution in [2.45, 2.75) is 0 Å². The van der Waals surface area contributed by atoms with E-state index in [2.05, 4.69) is 9.97 Å². The van der Waals surface area contributed by atoms with Crippen molar-refractivity contribution in [3.63, 3.8) is 0 Å². The number of hydrogen-bond donors (Lipinski definition) is 1. The van der Waals surface area contributed by atoms with Crippen molar-refractivity contribution >= 4 is 39.4 Å². The third-order valence-electron chi connectivity index (χ3n) is 2.63. The maximum absolute atomic E-state index is 12.1. The molecule has 0 unspecified atom stereocenters. The predicted octanol–water partition coefficient (Wildman–Crippen LogP) is 1.85. The molecule has 0 fully saturated rings. The number of nitrogens with zero attached hydrogens (tertiary/aromatic N) is 2. The fraction of sp³-hybridized carbons (Fsp3) is 0.154. The van der Waals surface area contributed by atoms with E-state index < -0.39 is 22.0 Å². The maximum Gasteiger partial charge on any atom is 0.410 e. The summed E-state index contributed by atoms with van der Waals surface area (Å²) in [7, 11) is -1.98. The van der Waals surface area contributed by atoms with Crippen LogP contribution in [0.2, 0.25) is 10.0 Å². The number of amides is 1. The van der Waals surface area contributed by atoms with Gasteiger partial charge in [-0.3, -0.25) is 4.79 Å². The minimum Gasteiger partial charge on any atom is -0.481 e. The lowest BCUT2D eigenvalue weighted by Crippen LogP contribution is -2.35. The second-order valence-corrected chi connectivity index (χ2v) is 6.39. The number of carbonyl (C=O) groups excluding carboxylic acids is 1. The predicted molar refractivity (Wildman–Crippen MR) is 88.6 cm³/mol. The SMILES string of the molecule is COc1cc(OC)nc(C(=O)NS(=O)(=O)Oc2c(Cl)cccc2Cl)n1. The molecule has 9 nitrogen and oxygen atoms in total. The summed E-state index contributed by atoms with van der Waals surface area (Å²) in [4.78, 5) is 19.5. The first-order chi connectivity index (χ1) is 11.8. The van der Waals surface area contributed by atoms with E-state index in [0.717, 1.165) is 0 Å². The first kappa shape index (κ1) is 19.0. The van der Waals surface area contributed by atoms with Crippen LogP contribution in [0, 0.1) is 0 Å². The van der Waals surface area contributed by atoms with E-state index in [1.807, 2.05) is 0 Å². The van der Waals surface area contributed by atoms with Gasteiger partial charge in [-0.1, -0.05) is 29.3 Å². The Morgan fingerprint density at radius 3 is 2.08 bits per heavy atom. The first-order valence-corrected chi connectivity index (χ1v) is 8.60. The van der Waals surface area contributed by atoms with E-state index in [1.165, 1.54) is 38.5 Å². The molecule has 0 spiro atoms. The highest BCUT2D eigenvalue weighted by molar-refractivity contribution is 7.85. The normalized spacial score (nSPS) is 10.9. The van der Waals surface area contributed by atoms with Crippen LogP contribution in [0.25, 0.3) is 0 Å². The highest BCUT2D eigenvalue weighted by Gasteiger charge is 2.23. The average molecular weight is 408 g/mol. The van der Waals surface area contributed by atoms with Gasteiger partial charge in [-0.2, -0.15) is 18.4 Å². The summed E-state index contributed by atoms with van der Waals surface area (Å²) < 4.78 is 40.1. The summed E-state index contributed by atoms with van der Waals surface area (Å²) in [5, 5.41) is -0.103. The molecule has 1 heterocycles. The molecule has 1 aromatic heterocycles. The van der Waals surface area contributed by atoms with Gasteiger partial charge in [0.25, 0.3) is 0 Å². The van der Waals surface area contributed by atoms with Crippen LogP contribution in [-0.2, 0) is 10.3 Å². The van der Waals surface area contributed by atoms with Crippen molar-refractivity contribution in [2.75, 3.05) is 14.2 Å². The molecule has 0 radical (unpaired) electrons.